The molecule has 1 aromatic heterocycles. The summed E-state index contributed by atoms with van der Waals surface area (Å²) in [5.41, 5.74) is 0.0143. The molecule has 1 aliphatic heterocycles. The maximum atomic E-state index is 12.3. The number of likely N-dealkylation sites (tertiary alicyclic amines) is 1. The largest absolute Gasteiger partial charge is 0.444 e. The molecule has 0 unspecified atom stereocenters. The van der Waals surface area contributed by atoms with Gasteiger partial charge in [0.2, 0.25) is 0 Å². The summed E-state index contributed by atoms with van der Waals surface area (Å²) >= 11 is 0. The van der Waals surface area contributed by atoms with E-state index in [0.29, 0.717) is 18.5 Å². The van der Waals surface area contributed by atoms with Gasteiger partial charge in [-0.1, -0.05) is 5.21 Å². The summed E-state index contributed by atoms with van der Waals surface area (Å²) < 4.78 is 35.2. The Morgan fingerprint density at radius 2 is 2.08 bits per heavy atom. The van der Waals surface area contributed by atoms with Crippen LogP contribution in [0.4, 0.5) is 4.79 Å². The van der Waals surface area contributed by atoms with Crippen molar-refractivity contribution in [2.24, 2.45) is 0 Å². The molecule has 0 radical (unpaired) electrons. The first kappa shape index (κ1) is 20.6. The van der Waals surface area contributed by atoms with Crippen molar-refractivity contribution in [1.29, 1.82) is 0 Å². The van der Waals surface area contributed by atoms with E-state index < -0.39 is 34.0 Å². The van der Waals surface area contributed by atoms with Crippen molar-refractivity contribution in [3.05, 3.63) is 11.9 Å². The summed E-state index contributed by atoms with van der Waals surface area (Å²) in [6, 6.07) is -0.507. The molecule has 1 aromatic rings. The number of rotatable bonds is 6. The van der Waals surface area contributed by atoms with Crippen LogP contribution in [-0.2, 0) is 25.5 Å². The van der Waals surface area contributed by atoms with Crippen LogP contribution in [-0.4, -0.2) is 77.2 Å². The number of amides is 1. The maximum Gasteiger partial charge on any atom is 0.410 e. The Hall–Kier alpha value is -1.72. The van der Waals surface area contributed by atoms with Crippen LogP contribution in [0.3, 0.4) is 0 Å². The number of ether oxygens (including phenoxy) is 1. The first-order valence-corrected chi connectivity index (χ1v) is 10.2. The highest BCUT2D eigenvalue weighted by molar-refractivity contribution is 7.86. The molecule has 10 nitrogen and oxygen atoms in total. The number of hydrogen-bond acceptors (Lipinski definition) is 8. The average molecular weight is 390 g/mol. The summed E-state index contributed by atoms with van der Waals surface area (Å²) in [7, 11) is -3.71. The molecular weight excluding hydrogens is 364 g/mol. The highest BCUT2D eigenvalue weighted by Gasteiger charge is 2.41. The lowest BCUT2D eigenvalue weighted by atomic mass is 10.2. The third kappa shape index (κ3) is 5.92. The number of aliphatic hydroxyl groups excluding tert-OH is 1. The highest BCUT2D eigenvalue weighted by atomic mass is 32.2. The highest BCUT2D eigenvalue weighted by Crippen LogP contribution is 2.27. The van der Waals surface area contributed by atoms with Gasteiger partial charge in [-0.2, -0.15) is 8.42 Å². The van der Waals surface area contributed by atoms with E-state index in [1.165, 1.54) is 9.58 Å². The second kappa shape index (κ2) is 7.89. The Labute approximate surface area is 153 Å². The first-order chi connectivity index (χ1) is 12.0. The van der Waals surface area contributed by atoms with Crippen molar-refractivity contribution >= 4 is 16.2 Å². The van der Waals surface area contributed by atoms with Gasteiger partial charge in [0.05, 0.1) is 18.5 Å². The van der Waals surface area contributed by atoms with Crippen molar-refractivity contribution in [3.8, 4) is 0 Å². The van der Waals surface area contributed by atoms with E-state index in [1.807, 2.05) is 0 Å². The van der Waals surface area contributed by atoms with Gasteiger partial charge >= 0.3 is 6.09 Å². The summed E-state index contributed by atoms with van der Waals surface area (Å²) in [6.45, 7) is 5.58. The minimum absolute atomic E-state index is 0.0442. The van der Waals surface area contributed by atoms with Crippen LogP contribution < -0.4 is 0 Å². The van der Waals surface area contributed by atoms with E-state index in [-0.39, 0.29) is 19.7 Å². The third-order valence-corrected chi connectivity index (χ3v) is 4.27. The number of carbonyl (C=O) groups excluding carboxylic acids is 1. The summed E-state index contributed by atoms with van der Waals surface area (Å²) in [5.74, 6) is 0. The lowest BCUT2D eigenvalue weighted by molar-refractivity contribution is 0.0275. The SMILES string of the molecule is CC(C)(C)OC(=O)N1C[C@@H](n2cc(CCCO)nn2)[C@H](OS(C)(=O)=O)C1. The van der Waals surface area contributed by atoms with Crippen molar-refractivity contribution in [2.75, 3.05) is 26.0 Å². The molecule has 2 rings (SSSR count). The minimum Gasteiger partial charge on any atom is -0.444 e. The van der Waals surface area contributed by atoms with Crippen LogP contribution in [0.5, 0.6) is 0 Å². The molecular formula is C15H26N4O6S. The second-order valence-corrected chi connectivity index (χ2v) is 8.91. The smallest absolute Gasteiger partial charge is 0.410 e. The Morgan fingerprint density at radius 1 is 1.38 bits per heavy atom. The van der Waals surface area contributed by atoms with Gasteiger partial charge in [0.1, 0.15) is 17.7 Å². The summed E-state index contributed by atoms with van der Waals surface area (Å²) in [4.78, 5) is 13.7. The zero-order valence-electron chi connectivity index (χ0n) is 15.5. The monoisotopic (exact) mass is 390 g/mol. The molecule has 2 atom stereocenters. The van der Waals surface area contributed by atoms with Gasteiger partial charge in [0, 0.05) is 19.3 Å². The van der Waals surface area contributed by atoms with Crippen molar-refractivity contribution < 1.29 is 27.2 Å². The molecule has 1 fully saturated rings. The topological polar surface area (TPSA) is 124 Å². The van der Waals surface area contributed by atoms with Crippen LogP contribution in [0.2, 0.25) is 0 Å². The average Bonchev–Trinajstić information content (AvgIpc) is 3.08. The van der Waals surface area contributed by atoms with Gasteiger partial charge < -0.3 is 14.7 Å². The van der Waals surface area contributed by atoms with E-state index in [4.69, 9.17) is 14.0 Å². The first-order valence-electron chi connectivity index (χ1n) is 8.36. The number of aromatic nitrogens is 3. The van der Waals surface area contributed by atoms with Crippen LogP contribution in [0.1, 0.15) is 38.9 Å². The molecule has 0 aliphatic carbocycles. The van der Waals surface area contributed by atoms with Crippen LogP contribution in [0.25, 0.3) is 0 Å². The fourth-order valence-corrected chi connectivity index (χ4v) is 3.29. The fraction of sp³-hybridized carbons (Fsp3) is 0.800. The van der Waals surface area contributed by atoms with Crippen molar-refractivity contribution in [2.45, 2.75) is 51.4 Å². The van der Waals surface area contributed by atoms with Crippen molar-refractivity contribution in [1.82, 2.24) is 19.9 Å². The minimum atomic E-state index is -3.71. The van der Waals surface area contributed by atoms with Gasteiger partial charge in [-0.3, -0.25) is 4.18 Å². The van der Waals surface area contributed by atoms with E-state index in [9.17, 15) is 13.2 Å². The van der Waals surface area contributed by atoms with E-state index in [1.54, 1.807) is 27.0 Å². The Morgan fingerprint density at radius 3 is 2.65 bits per heavy atom. The molecule has 2 heterocycles. The van der Waals surface area contributed by atoms with Gasteiger partial charge in [0.25, 0.3) is 10.1 Å². The van der Waals surface area contributed by atoms with Gasteiger partial charge in [-0.05, 0) is 33.6 Å². The Bertz CT molecular complexity index is 727. The molecule has 0 spiro atoms. The van der Waals surface area contributed by atoms with E-state index >= 15 is 0 Å². The quantitative estimate of drug-likeness (QED) is 0.690. The van der Waals surface area contributed by atoms with Crippen molar-refractivity contribution in [3.63, 3.8) is 0 Å². The Balaban J connectivity index is 2.17. The number of carbonyl (C=O) groups is 1. The predicted octanol–water partition coefficient (Wildman–Crippen LogP) is 0.340. The van der Waals surface area contributed by atoms with Crippen LogP contribution in [0, 0.1) is 0 Å². The zero-order valence-corrected chi connectivity index (χ0v) is 16.3. The van der Waals surface area contributed by atoms with Gasteiger partial charge in [-0.15, -0.1) is 5.10 Å². The standard InChI is InChI=1S/C15H26N4O6S/c1-15(2,3)24-14(21)18-9-12(13(10-18)25-26(4,22)23)19-8-11(16-17-19)6-5-7-20/h8,12-13,20H,5-7,9-10H2,1-4H3/t12-,13-/m1/s1. The Kier molecular flexibility index (Phi) is 6.25. The second-order valence-electron chi connectivity index (χ2n) is 7.31. The molecule has 148 valence electrons. The van der Waals surface area contributed by atoms with Crippen LogP contribution in [0.15, 0.2) is 6.20 Å². The lowest BCUT2D eigenvalue weighted by Gasteiger charge is -2.24. The third-order valence-electron chi connectivity index (χ3n) is 3.68. The van der Waals surface area contributed by atoms with Crippen LogP contribution >= 0.6 is 0 Å². The number of aliphatic hydroxyl groups is 1. The molecule has 0 bridgehead atoms. The fourth-order valence-electron chi connectivity index (χ4n) is 2.66. The van der Waals surface area contributed by atoms with Gasteiger partial charge in [0.15, 0.2) is 0 Å². The molecule has 0 saturated carbocycles. The summed E-state index contributed by atoms with van der Waals surface area (Å²) in [5, 5.41) is 17.0. The number of aryl methyl sites for hydroxylation is 1. The lowest BCUT2D eigenvalue weighted by Crippen LogP contribution is -2.36. The predicted molar refractivity (Wildman–Crippen MR) is 92.0 cm³/mol. The molecule has 0 aromatic carbocycles. The molecule has 1 amide bonds. The molecule has 1 saturated heterocycles. The van der Waals surface area contributed by atoms with E-state index in [2.05, 4.69) is 10.3 Å². The molecule has 1 N–H and O–H groups in total. The normalized spacial score (nSPS) is 21.2. The molecule has 1 aliphatic rings. The molecule has 11 heteroatoms. The maximum absolute atomic E-state index is 12.3. The number of nitrogens with zero attached hydrogens (tertiary/aromatic N) is 4. The zero-order chi connectivity index (χ0) is 19.5. The summed E-state index contributed by atoms with van der Waals surface area (Å²) in [6.07, 6.45) is 2.42. The number of hydrogen-bond donors (Lipinski definition) is 1. The molecule has 26 heavy (non-hydrogen) atoms. The van der Waals surface area contributed by atoms with Gasteiger partial charge in [-0.25, -0.2) is 9.48 Å². The van der Waals surface area contributed by atoms with E-state index in [0.717, 1.165) is 6.26 Å².